The lowest BCUT2D eigenvalue weighted by Gasteiger charge is -2.11. The molecule has 3 rings (SSSR count). The summed E-state index contributed by atoms with van der Waals surface area (Å²) in [4.78, 5) is 9.21. The Kier molecular flexibility index (Phi) is 3.26. The summed E-state index contributed by atoms with van der Waals surface area (Å²) < 4.78 is 2.19. The van der Waals surface area contributed by atoms with Crippen molar-refractivity contribution in [2.75, 3.05) is 0 Å². The minimum Gasteiger partial charge on any atom is -0.300 e. The molecule has 3 aromatic rings. The van der Waals surface area contributed by atoms with Crippen molar-refractivity contribution in [1.29, 1.82) is 0 Å². The smallest absolute Gasteiger partial charge is 0.159 e. The quantitative estimate of drug-likeness (QED) is 0.709. The van der Waals surface area contributed by atoms with Crippen molar-refractivity contribution < 1.29 is 0 Å². The van der Waals surface area contributed by atoms with E-state index in [4.69, 9.17) is 4.98 Å². The summed E-state index contributed by atoms with van der Waals surface area (Å²) in [5.74, 6) is 0.460. The Morgan fingerprint density at radius 3 is 2.65 bits per heavy atom. The van der Waals surface area contributed by atoms with Gasteiger partial charge in [0, 0.05) is 18.0 Å². The number of hydrogen-bond acceptors (Lipinski definition) is 2. The zero-order chi connectivity index (χ0) is 14.1. The third-order valence-corrected chi connectivity index (χ3v) is 3.88. The summed E-state index contributed by atoms with van der Waals surface area (Å²) in [6, 6.07) is 10.4. The normalized spacial score (nSPS) is 12.8. The second kappa shape index (κ2) is 5.08. The van der Waals surface area contributed by atoms with Crippen LogP contribution in [0.25, 0.3) is 16.9 Å². The number of rotatable bonds is 3. The molecule has 0 saturated carbocycles. The number of aromatic nitrogens is 3. The number of hydrogen-bond donors (Lipinski definition) is 0. The molecule has 3 nitrogen and oxygen atoms in total. The fraction of sp³-hybridized carbons (Fsp3) is 0.294. The molecule has 0 spiro atoms. The highest BCUT2D eigenvalue weighted by Crippen LogP contribution is 2.31. The van der Waals surface area contributed by atoms with Gasteiger partial charge in [-0.2, -0.15) is 0 Å². The summed E-state index contributed by atoms with van der Waals surface area (Å²) in [6.07, 6.45) is 4.96. The van der Waals surface area contributed by atoms with Gasteiger partial charge in [0.1, 0.15) is 0 Å². The number of nitrogens with zero attached hydrogens (tertiary/aromatic N) is 3. The molecule has 0 radical (unpaired) electrons. The maximum absolute atomic E-state index is 4.85. The number of aryl methyl sites for hydroxylation is 1. The highest BCUT2D eigenvalue weighted by molar-refractivity contribution is 5.67. The lowest BCUT2D eigenvalue weighted by atomic mass is 9.99. The van der Waals surface area contributed by atoms with Gasteiger partial charge in [-0.1, -0.05) is 44.2 Å². The van der Waals surface area contributed by atoms with Crippen LogP contribution in [0.5, 0.6) is 0 Å². The van der Waals surface area contributed by atoms with E-state index < -0.39 is 0 Å². The van der Waals surface area contributed by atoms with Gasteiger partial charge in [-0.15, -0.1) is 0 Å². The zero-order valence-corrected chi connectivity index (χ0v) is 12.2. The van der Waals surface area contributed by atoms with Crippen LogP contribution in [-0.2, 0) is 0 Å². The van der Waals surface area contributed by atoms with Gasteiger partial charge >= 0.3 is 0 Å². The largest absolute Gasteiger partial charge is 0.300 e. The zero-order valence-electron chi connectivity index (χ0n) is 12.2. The van der Waals surface area contributed by atoms with Crippen molar-refractivity contribution >= 4 is 5.65 Å². The van der Waals surface area contributed by atoms with Crippen LogP contribution in [0.4, 0.5) is 0 Å². The lowest BCUT2D eigenvalue weighted by molar-refractivity contribution is 0.701. The van der Waals surface area contributed by atoms with E-state index in [1.54, 1.807) is 0 Å². The molecule has 1 unspecified atom stereocenters. The molecule has 1 atom stereocenters. The first-order valence-electron chi connectivity index (χ1n) is 7.11. The van der Waals surface area contributed by atoms with Crippen LogP contribution in [0, 0.1) is 6.92 Å². The van der Waals surface area contributed by atoms with Gasteiger partial charge in [0.2, 0.25) is 0 Å². The highest BCUT2D eigenvalue weighted by Gasteiger charge is 2.19. The van der Waals surface area contributed by atoms with Crippen molar-refractivity contribution in [2.45, 2.75) is 33.1 Å². The Balaban J connectivity index is 2.33. The van der Waals surface area contributed by atoms with Gasteiger partial charge < -0.3 is 4.40 Å². The Hall–Kier alpha value is -2.16. The Bertz CT molecular complexity index is 729. The summed E-state index contributed by atoms with van der Waals surface area (Å²) in [6.45, 7) is 6.48. The van der Waals surface area contributed by atoms with Crippen LogP contribution >= 0.6 is 0 Å². The molecular formula is C17H19N3. The topological polar surface area (TPSA) is 30.2 Å². The van der Waals surface area contributed by atoms with Gasteiger partial charge in [-0.3, -0.25) is 4.98 Å². The number of fused-ring (bicyclic) bond motifs is 1. The Morgan fingerprint density at radius 1 is 1.20 bits per heavy atom. The summed E-state index contributed by atoms with van der Waals surface area (Å²) >= 11 is 0. The van der Waals surface area contributed by atoms with Gasteiger partial charge in [-0.05, 0) is 19.3 Å². The number of benzene rings is 1. The van der Waals surface area contributed by atoms with Crippen LogP contribution in [0.2, 0.25) is 0 Å². The van der Waals surface area contributed by atoms with Crippen LogP contribution in [0.3, 0.4) is 0 Å². The van der Waals surface area contributed by atoms with E-state index in [-0.39, 0.29) is 0 Å². The van der Waals surface area contributed by atoms with Crippen molar-refractivity contribution in [3.63, 3.8) is 0 Å². The molecule has 3 heteroatoms. The van der Waals surface area contributed by atoms with E-state index >= 15 is 0 Å². The molecule has 0 aliphatic carbocycles. The fourth-order valence-corrected chi connectivity index (χ4v) is 2.59. The van der Waals surface area contributed by atoms with Crippen LogP contribution in [0.1, 0.15) is 37.6 Å². The molecule has 2 aromatic heterocycles. The first kappa shape index (κ1) is 12.9. The maximum atomic E-state index is 4.85. The second-order valence-corrected chi connectivity index (χ2v) is 5.23. The average Bonchev–Trinajstić information content (AvgIpc) is 2.88. The van der Waals surface area contributed by atoms with Crippen LogP contribution < -0.4 is 0 Å². The van der Waals surface area contributed by atoms with Gasteiger partial charge in [-0.25, -0.2) is 4.98 Å². The van der Waals surface area contributed by atoms with E-state index in [0.29, 0.717) is 5.92 Å². The molecule has 20 heavy (non-hydrogen) atoms. The van der Waals surface area contributed by atoms with E-state index in [1.807, 2.05) is 25.4 Å². The third kappa shape index (κ3) is 1.99. The van der Waals surface area contributed by atoms with Crippen molar-refractivity contribution in [3.05, 3.63) is 54.1 Å². The van der Waals surface area contributed by atoms with Crippen LogP contribution in [0.15, 0.2) is 42.7 Å². The molecule has 0 bridgehead atoms. The minimum atomic E-state index is 0.460. The summed E-state index contributed by atoms with van der Waals surface area (Å²) in [7, 11) is 0. The van der Waals surface area contributed by atoms with Gasteiger partial charge in [0.15, 0.2) is 5.65 Å². The molecule has 0 aliphatic heterocycles. The molecule has 2 heterocycles. The summed E-state index contributed by atoms with van der Waals surface area (Å²) in [5.41, 5.74) is 5.46. The van der Waals surface area contributed by atoms with E-state index in [2.05, 4.69) is 47.5 Å². The van der Waals surface area contributed by atoms with Gasteiger partial charge in [0.25, 0.3) is 0 Å². The second-order valence-electron chi connectivity index (χ2n) is 5.23. The molecule has 0 aliphatic rings. The Labute approximate surface area is 119 Å². The monoisotopic (exact) mass is 265 g/mol. The van der Waals surface area contributed by atoms with Crippen molar-refractivity contribution in [1.82, 2.24) is 14.4 Å². The van der Waals surface area contributed by atoms with E-state index in [9.17, 15) is 0 Å². The Morgan fingerprint density at radius 2 is 1.95 bits per heavy atom. The molecular weight excluding hydrogens is 246 g/mol. The number of imidazole rings is 1. The van der Waals surface area contributed by atoms with Crippen LogP contribution in [-0.4, -0.2) is 14.4 Å². The standard InChI is InChI=1S/C17H19N3/c1-4-12(2)16-15(14-8-6-5-7-9-14)19-17-13(3)18-10-11-20(16)17/h5-12H,4H2,1-3H3. The first-order valence-corrected chi connectivity index (χ1v) is 7.11. The van der Waals surface area contributed by atoms with Gasteiger partial charge in [0.05, 0.1) is 17.1 Å². The first-order chi connectivity index (χ1) is 9.72. The summed E-state index contributed by atoms with van der Waals surface area (Å²) in [5, 5.41) is 0. The molecule has 0 fully saturated rings. The van der Waals surface area contributed by atoms with Crippen molar-refractivity contribution in [3.8, 4) is 11.3 Å². The SMILES string of the molecule is CCC(C)c1c(-c2ccccc2)nc2c(C)nccn12. The molecule has 102 valence electrons. The molecule has 0 saturated heterocycles. The third-order valence-electron chi connectivity index (χ3n) is 3.88. The average molecular weight is 265 g/mol. The molecule has 1 aromatic carbocycles. The maximum Gasteiger partial charge on any atom is 0.159 e. The predicted molar refractivity (Wildman–Crippen MR) is 81.9 cm³/mol. The fourth-order valence-electron chi connectivity index (χ4n) is 2.59. The lowest BCUT2D eigenvalue weighted by Crippen LogP contribution is -2.00. The highest BCUT2D eigenvalue weighted by atomic mass is 15.0. The molecule has 0 amide bonds. The van der Waals surface area contributed by atoms with Crippen molar-refractivity contribution in [2.24, 2.45) is 0 Å². The predicted octanol–water partition coefficient (Wildman–Crippen LogP) is 4.22. The molecule has 0 N–H and O–H groups in total. The van der Waals surface area contributed by atoms with E-state index in [1.165, 1.54) is 11.3 Å². The van der Waals surface area contributed by atoms with E-state index in [0.717, 1.165) is 23.5 Å². The minimum absolute atomic E-state index is 0.460.